The first kappa shape index (κ1) is 11.3. The molecule has 5 heteroatoms. The summed E-state index contributed by atoms with van der Waals surface area (Å²) < 4.78 is 4.70. The fourth-order valence-corrected chi connectivity index (χ4v) is 1.43. The summed E-state index contributed by atoms with van der Waals surface area (Å²) in [6, 6.07) is 8.56. The third kappa shape index (κ3) is 3.15. The number of aromatic nitrogens is 1. The van der Waals surface area contributed by atoms with Crippen molar-refractivity contribution in [1.82, 2.24) is 10.5 Å². The molecule has 0 spiro atoms. The Labute approximate surface area is 98.1 Å². The van der Waals surface area contributed by atoms with Gasteiger partial charge in [-0.25, -0.2) is 4.79 Å². The minimum absolute atomic E-state index is 0.297. The summed E-state index contributed by atoms with van der Waals surface area (Å²) in [6.07, 6.45) is 1.53. The summed E-state index contributed by atoms with van der Waals surface area (Å²) in [4.78, 5) is 10.6. The molecular weight excluding hydrogens is 220 g/mol. The highest BCUT2D eigenvalue weighted by atomic mass is 16.5. The highest BCUT2D eigenvalue weighted by molar-refractivity contribution is 5.87. The third-order valence-electron chi connectivity index (χ3n) is 2.33. The van der Waals surface area contributed by atoms with E-state index in [1.165, 1.54) is 6.26 Å². The van der Waals surface area contributed by atoms with Crippen LogP contribution in [0.2, 0.25) is 0 Å². The Balaban J connectivity index is 1.85. The molecule has 0 aliphatic rings. The van der Waals surface area contributed by atoms with E-state index in [1.54, 1.807) is 30.3 Å². The lowest BCUT2D eigenvalue weighted by Gasteiger charge is -2.03. The van der Waals surface area contributed by atoms with Crippen molar-refractivity contribution in [3.8, 4) is 0 Å². The Morgan fingerprint density at radius 1 is 1.24 bits per heavy atom. The lowest BCUT2D eigenvalue weighted by atomic mass is 10.1. The molecule has 0 aliphatic heterocycles. The molecule has 0 saturated carbocycles. The zero-order valence-corrected chi connectivity index (χ0v) is 9.09. The van der Waals surface area contributed by atoms with E-state index >= 15 is 0 Å². The Morgan fingerprint density at radius 2 is 2.00 bits per heavy atom. The van der Waals surface area contributed by atoms with Gasteiger partial charge in [-0.2, -0.15) is 0 Å². The molecule has 1 aromatic carbocycles. The predicted molar refractivity (Wildman–Crippen MR) is 60.4 cm³/mol. The van der Waals surface area contributed by atoms with Crippen LogP contribution >= 0.6 is 0 Å². The van der Waals surface area contributed by atoms with Gasteiger partial charge in [0, 0.05) is 19.2 Å². The first-order chi connectivity index (χ1) is 8.25. The van der Waals surface area contributed by atoms with Gasteiger partial charge in [-0.3, -0.25) is 0 Å². The second kappa shape index (κ2) is 5.27. The summed E-state index contributed by atoms with van der Waals surface area (Å²) in [7, 11) is 0. The van der Waals surface area contributed by atoms with Crippen LogP contribution in [0.25, 0.3) is 0 Å². The van der Waals surface area contributed by atoms with Gasteiger partial charge in [0.1, 0.15) is 6.26 Å². The normalized spacial score (nSPS) is 10.4. The Bertz CT molecular complexity index is 477. The van der Waals surface area contributed by atoms with Gasteiger partial charge in [-0.15, -0.1) is 0 Å². The van der Waals surface area contributed by atoms with Crippen LogP contribution in [0.4, 0.5) is 0 Å². The van der Waals surface area contributed by atoms with Crippen LogP contribution in [0.3, 0.4) is 0 Å². The molecule has 88 valence electrons. The van der Waals surface area contributed by atoms with Crippen LogP contribution in [-0.2, 0) is 13.1 Å². The zero-order chi connectivity index (χ0) is 12.1. The molecule has 2 rings (SSSR count). The van der Waals surface area contributed by atoms with Crippen molar-refractivity contribution in [2.24, 2.45) is 0 Å². The summed E-state index contributed by atoms with van der Waals surface area (Å²) in [5, 5.41) is 15.7. The molecule has 2 N–H and O–H groups in total. The van der Waals surface area contributed by atoms with Gasteiger partial charge in [-0.1, -0.05) is 17.3 Å². The first-order valence-corrected chi connectivity index (χ1v) is 5.18. The summed E-state index contributed by atoms with van der Waals surface area (Å²) in [5.74, 6) is -0.910. The van der Waals surface area contributed by atoms with E-state index in [1.807, 2.05) is 0 Å². The number of benzene rings is 1. The number of carboxylic acids is 1. The average molecular weight is 232 g/mol. The lowest BCUT2D eigenvalue weighted by Crippen LogP contribution is -2.12. The van der Waals surface area contributed by atoms with E-state index in [9.17, 15) is 4.79 Å². The molecule has 0 saturated heterocycles. The molecule has 0 amide bonds. The fraction of sp³-hybridized carbons (Fsp3) is 0.167. The van der Waals surface area contributed by atoms with Gasteiger partial charge in [0.25, 0.3) is 0 Å². The lowest BCUT2D eigenvalue weighted by molar-refractivity contribution is 0.0697. The standard InChI is InChI=1S/C12H12N2O3/c15-12(16)10-3-1-9(2-4-10)7-13-8-11-5-6-17-14-11/h1-6,13H,7-8H2,(H,15,16). The van der Waals surface area contributed by atoms with Crippen molar-refractivity contribution in [2.75, 3.05) is 0 Å². The Kier molecular flexibility index (Phi) is 3.52. The molecule has 0 unspecified atom stereocenters. The topological polar surface area (TPSA) is 75.4 Å². The largest absolute Gasteiger partial charge is 0.478 e. The molecule has 1 heterocycles. The number of aromatic carboxylic acids is 1. The van der Waals surface area contributed by atoms with Gasteiger partial charge in [0.15, 0.2) is 0 Å². The van der Waals surface area contributed by atoms with Crippen LogP contribution in [0, 0.1) is 0 Å². The van der Waals surface area contributed by atoms with E-state index in [-0.39, 0.29) is 0 Å². The molecular formula is C12H12N2O3. The molecule has 5 nitrogen and oxygen atoms in total. The van der Waals surface area contributed by atoms with Crippen LogP contribution in [0.5, 0.6) is 0 Å². The summed E-state index contributed by atoms with van der Waals surface area (Å²) >= 11 is 0. The number of hydrogen-bond donors (Lipinski definition) is 2. The number of hydrogen-bond acceptors (Lipinski definition) is 4. The minimum atomic E-state index is -0.910. The van der Waals surface area contributed by atoms with Gasteiger partial charge in [0.05, 0.1) is 11.3 Å². The number of carbonyl (C=O) groups is 1. The van der Waals surface area contributed by atoms with Gasteiger partial charge in [-0.05, 0) is 17.7 Å². The second-order valence-electron chi connectivity index (χ2n) is 3.60. The second-order valence-corrected chi connectivity index (χ2v) is 3.60. The first-order valence-electron chi connectivity index (χ1n) is 5.18. The minimum Gasteiger partial charge on any atom is -0.478 e. The summed E-state index contributed by atoms with van der Waals surface area (Å²) in [6.45, 7) is 1.28. The average Bonchev–Trinajstić information content (AvgIpc) is 2.83. The quantitative estimate of drug-likeness (QED) is 0.820. The molecule has 0 radical (unpaired) electrons. The number of nitrogens with one attached hydrogen (secondary N) is 1. The maximum Gasteiger partial charge on any atom is 0.335 e. The molecule has 0 bridgehead atoms. The van der Waals surface area contributed by atoms with Crippen LogP contribution < -0.4 is 5.32 Å². The van der Waals surface area contributed by atoms with Crippen molar-refractivity contribution < 1.29 is 14.4 Å². The zero-order valence-electron chi connectivity index (χ0n) is 9.09. The molecule has 17 heavy (non-hydrogen) atoms. The molecule has 1 aromatic heterocycles. The SMILES string of the molecule is O=C(O)c1ccc(CNCc2ccon2)cc1. The Hall–Kier alpha value is -2.14. The molecule has 0 atom stereocenters. The van der Waals surface area contributed by atoms with E-state index in [0.29, 0.717) is 18.7 Å². The smallest absolute Gasteiger partial charge is 0.335 e. The monoisotopic (exact) mass is 232 g/mol. The van der Waals surface area contributed by atoms with Crippen molar-refractivity contribution in [3.63, 3.8) is 0 Å². The maximum atomic E-state index is 10.6. The van der Waals surface area contributed by atoms with Crippen LogP contribution in [0.15, 0.2) is 41.1 Å². The maximum absolute atomic E-state index is 10.6. The van der Waals surface area contributed by atoms with Crippen LogP contribution in [-0.4, -0.2) is 16.2 Å². The van der Waals surface area contributed by atoms with E-state index in [0.717, 1.165) is 11.3 Å². The van der Waals surface area contributed by atoms with Crippen molar-refractivity contribution in [1.29, 1.82) is 0 Å². The van der Waals surface area contributed by atoms with Gasteiger partial charge in [0.2, 0.25) is 0 Å². The molecule has 0 aliphatic carbocycles. The third-order valence-corrected chi connectivity index (χ3v) is 2.33. The van der Waals surface area contributed by atoms with Crippen molar-refractivity contribution in [3.05, 3.63) is 53.4 Å². The van der Waals surface area contributed by atoms with E-state index in [4.69, 9.17) is 9.63 Å². The van der Waals surface area contributed by atoms with Crippen molar-refractivity contribution >= 4 is 5.97 Å². The molecule has 0 fully saturated rings. The van der Waals surface area contributed by atoms with Gasteiger partial charge >= 0.3 is 5.97 Å². The predicted octanol–water partition coefficient (Wildman–Crippen LogP) is 1.66. The summed E-state index contributed by atoms with van der Waals surface area (Å²) in [5.41, 5.74) is 2.16. The number of carboxylic acid groups (broad SMARTS) is 1. The van der Waals surface area contributed by atoms with E-state index < -0.39 is 5.97 Å². The van der Waals surface area contributed by atoms with E-state index in [2.05, 4.69) is 10.5 Å². The fourth-order valence-electron chi connectivity index (χ4n) is 1.43. The highest BCUT2D eigenvalue weighted by Gasteiger charge is 2.01. The van der Waals surface area contributed by atoms with Gasteiger partial charge < -0.3 is 14.9 Å². The van der Waals surface area contributed by atoms with Crippen LogP contribution in [0.1, 0.15) is 21.6 Å². The Morgan fingerprint density at radius 3 is 2.59 bits per heavy atom. The number of rotatable bonds is 5. The number of nitrogens with zero attached hydrogens (tertiary/aromatic N) is 1. The highest BCUT2D eigenvalue weighted by Crippen LogP contribution is 2.04. The molecule has 2 aromatic rings. The van der Waals surface area contributed by atoms with Crippen molar-refractivity contribution in [2.45, 2.75) is 13.1 Å².